The SMILES string of the molecule is C=CCOc1ccccc1CNOCC. The summed E-state index contributed by atoms with van der Waals surface area (Å²) in [6.07, 6.45) is 1.73. The minimum Gasteiger partial charge on any atom is -0.489 e. The maximum absolute atomic E-state index is 5.50. The summed E-state index contributed by atoms with van der Waals surface area (Å²) < 4.78 is 5.50. The van der Waals surface area contributed by atoms with Gasteiger partial charge in [0.2, 0.25) is 0 Å². The normalized spacial score (nSPS) is 9.93. The molecule has 0 amide bonds. The van der Waals surface area contributed by atoms with Crippen LogP contribution in [0.1, 0.15) is 12.5 Å². The Kier molecular flexibility index (Phi) is 5.51. The van der Waals surface area contributed by atoms with Crippen LogP contribution in [0.3, 0.4) is 0 Å². The molecule has 0 fully saturated rings. The lowest BCUT2D eigenvalue weighted by Crippen LogP contribution is -2.14. The van der Waals surface area contributed by atoms with Crippen molar-refractivity contribution in [2.75, 3.05) is 13.2 Å². The molecule has 0 saturated carbocycles. The highest BCUT2D eigenvalue weighted by Gasteiger charge is 2.01. The lowest BCUT2D eigenvalue weighted by molar-refractivity contribution is 0.0458. The maximum atomic E-state index is 5.50. The van der Waals surface area contributed by atoms with Gasteiger partial charge in [-0.15, -0.1) is 0 Å². The van der Waals surface area contributed by atoms with Gasteiger partial charge >= 0.3 is 0 Å². The van der Waals surface area contributed by atoms with Crippen molar-refractivity contribution in [3.05, 3.63) is 42.5 Å². The van der Waals surface area contributed by atoms with E-state index in [4.69, 9.17) is 9.57 Å². The molecule has 0 bridgehead atoms. The van der Waals surface area contributed by atoms with Crippen molar-refractivity contribution in [2.24, 2.45) is 0 Å². The predicted molar refractivity (Wildman–Crippen MR) is 60.6 cm³/mol. The topological polar surface area (TPSA) is 30.5 Å². The van der Waals surface area contributed by atoms with Crippen LogP contribution in [-0.4, -0.2) is 13.2 Å². The molecule has 82 valence electrons. The van der Waals surface area contributed by atoms with Gasteiger partial charge in [-0.05, 0) is 13.0 Å². The molecule has 0 spiro atoms. The first-order chi connectivity index (χ1) is 7.38. The fraction of sp³-hybridized carbons (Fsp3) is 0.333. The van der Waals surface area contributed by atoms with Gasteiger partial charge in [-0.2, -0.15) is 5.48 Å². The van der Waals surface area contributed by atoms with Gasteiger partial charge in [-0.1, -0.05) is 30.9 Å². The van der Waals surface area contributed by atoms with Gasteiger partial charge in [-0.3, -0.25) is 0 Å². The first-order valence-corrected chi connectivity index (χ1v) is 5.04. The third kappa shape index (κ3) is 4.14. The zero-order valence-electron chi connectivity index (χ0n) is 9.03. The Balaban J connectivity index is 2.55. The highest BCUT2D eigenvalue weighted by Crippen LogP contribution is 2.17. The molecular weight excluding hydrogens is 190 g/mol. The minimum atomic E-state index is 0.519. The molecule has 0 aliphatic carbocycles. The number of benzene rings is 1. The van der Waals surface area contributed by atoms with E-state index < -0.39 is 0 Å². The molecule has 0 unspecified atom stereocenters. The molecule has 0 saturated heterocycles. The summed E-state index contributed by atoms with van der Waals surface area (Å²) in [7, 11) is 0. The van der Waals surface area contributed by atoms with Crippen LogP contribution in [0, 0.1) is 0 Å². The third-order valence-corrected chi connectivity index (χ3v) is 1.84. The predicted octanol–water partition coefficient (Wildman–Crippen LogP) is 2.29. The van der Waals surface area contributed by atoms with E-state index in [9.17, 15) is 0 Å². The van der Waals surface area contributed by atoms with E-state index in [1.807, 2.05) is 31.2 Å². The van der Waals surface area contributed by atoms with Crippen LogP contribution < -0.4 is 10.2 Å². The summed E-state index contributed by atoms with van der Waals surface area (Å²) >= 11 is 0. The summed E-state index contributed by atoms with van der Waals surface area (Å²) in [5.74, 6) is 0.865. The van der Waals surface area contributed by atoms with Crippen LogP contribution in [0.2, 0.25) is 0 Å². The molecule has 3 heteroatoms. The maximum Gasteiger partial charge on any atom is 0.124 e. The van der Waals surface area contributed by atoms with E-state index in [2.05, 4.69) is 12.1 Å². The van der Waals surface area contributed by atoms with Crippen molar-refractivity contribution < 1.29 is 9.57 Å². The van der Waals surface area contributed by atoms with Gasteiger partial charge < -0.3 is 9.57 Å². The number of hydrogen-bond donors (Lipinski definition) is 1. The first-order valence-electron chi connectivity index (χ1n) is 5.04. The van der Waals surface area contributed by atoms with Gasteiger partial charge in [0.15, 0.2) is 0 Å². The number of nitrogens with one attached hydrogen (secondary N) is 1. The smallest absolute Gasteiger partial charge is 0.124 e. The second kappa shape index (κ2) is 7.04. The highest BCUT2D eigenvalue weighted by molar-refractivity contribution is 5.33. The molecule has 1 rings (SSSR count). The van der Waals surface area contributed by atoms with Crippen molar-refractivity contribution in [3.63, 3.8) is 0 Å². The van der Waals surface area contributed by atoms with Gasteiger partial charge in [-0.25, -0.2) is 0 Å². The molecule has 0 heterocycles. The Morgan fingerprint density at radius 1 is 1.40 bits per heavy atom. The quantitative estimate of drug-likeness (QED) is 0.423. The Morgan fingerprint density at radius 2 is 2.20 bits per heavy atom. The number of hydroxylamine groups is 1. The monoisotopic (exact) mass is 207 g/mol. The standard InChI is InChI=1S/C12H17NO2/c1-3-9-14-12-8-6-5-7-11(12)10-13-15-4-2/h3,5-8,13H,1,4,9-10H2,2H3. The van der Waals surface area contributed by atoms with E-state index in [1.54, 1.807) is 6.08 Å². The first kappa shape index (κ1) is 11.8. The van der Waals surface area contributed by atoms with Crippen LogP contribution in [0.25, 0.3) is 0 Å². The zero-order chi connectivity index (χ0) is 10.9. The van der Waals surface area contributed by atoms with E-state index in [0.29, 0.717) is 19.8 Å². The number of hydrogen-bond acceptors (Lipinski definition) is 3. The lowest BCUT2D eigenvalue weighted by atomic mass is 10.2. The van der Waals surface area contributed by atoms with E-state index >= 15 is 0 Å². The summed E-state index contributed by atoms with van der Waals surface area (Å²) in [5.41, 5.74) is 3.94. The Hall–Kier alpha value is -1.32. The Bertz CT molecular complexity index is 299. The number of ether oxygens (including phenoxy) is 1. The van der Waals surface area contributed by atoms with Crippen molar-refractivity contribution in [1.82, 2.24) is 5.48 Å². The molecule has 0 radical (unpaired) electrons. The van der Waals surface area contributed by atoms with Gasteiger partial charge in [0, 0.05) is 12.1 Å². The van der Waals surface area contributed by atoms with Crippen molar-refractivity contribution in [1.29, 1.82) is 0 Å². The van der Waals surface area contributed by atoms with E-state index in [-0.39, 0.29) is 0 Å². The zero-order valence-corrected chi connectivity index (χ0v) is 9.03. The summed E-state index contributed by atoms with van der Waals surface area (Å²) in [4.78, 5) is 5.07. The second-order valence-electron chi connectivity index (χ2n) is 2.96. The molecule has 0 aliphatic rings. The highest BCUT2D eigenvalue weighted by atomic mass is 16.6. The average molecular weight is 207 g/mol. The minimum absolute atomic E-state index is 0.519. The fourth-order valence-corrected chi connectivity index (χ4v) is 1.17. The van der Waals surface area contributed by atoms with Crippen molar-refractivity contribution in [2.45, 2.75) is 13.5 Å². The van der Waals surface area contributed by atoms with E-state index in [1.165, 1.54) is 0 Å². The lowest BCUT2D eigenvalue weighted by Gasteiger charge is -2.10. The Morgan fingerprint density at radius 3 is 2.93 bits per heavy atom. The van der Waals surface area contributed by atoms with Crippen LogP contribution in [0.15, 0.2) is 36.9 Å². The molecule has 1 N–H and O–H groups in total. The molecular formula is C12H17NO2. The van der Waals surface area contributed by atoms with Crippen LogP contribution >= 0.6 is 0 Å². The molecule has 1 aromatic carbocycles. The summed E-state index contributed by atoms with van der Waals surface area (Å²) in [6, 6.07) is 7.86. The average Bonchev–Trinajstić information content (AvgIpc) is 2.28. The summed E-state index contributed by atoms with van der Waals surface area (Å²) in [6.45, 7) is 7.36. The van der Waals surface area contributed by atoms with Gasteiger partial charge in [0.25, 0.3) is 0 Å². The van der Waals surface area contributed by atoms with Crippen LogP contribution in [-0.2, 0) is 11.4 Å². The van der Waals surface area contributed by atoms with Crippen molar-refractivity contribution >= 4 is 0 Å². The molecule has 1 aromatic rings. The van der Waals surface area contributed by atoms with Gasteiger partial charge in [0.1, 0.15) is 12.4 Å². The van der Waals surface area contributed by atoms with Crippen LogP contribution in [0.4, 0.5) is 0 Å². The summed E-state index contributed by atoms with van der Waals surface area (Å²) in [5, 5.41) is 0. The van der Waals surface area contributed by atoms with Gasteiger partial charge in [0.05, 0.1) is 6.61 Å². The van der Waals surface area contributed by atoms with Crippen LogP contribution in [0.5, 0.6) is 5.75 Å². The molecule has 15 heavy (non-hydrogen) atoms. The molecule has 0 aromatic heterocycles. The second-order valence-corrected chi connectivity index (χ2v) is 2.96. The Labute approximate surface area is 90.7 Å². The molecule has 0 atom stereocenters. The molecule has 0 aliphatic heterocycles. The number of rotatable bonds is 7. The van der Waals surface area contributed by atoms with E-state index in [0.717, 1.165) is 11.3 Å². The molecule has 3 nitrogen and oxygen atoms in total. The largest absolute Gasteiger partial charge is 0.489 e. The number of para-hydroxylation sites is 1. The third-order valence-electron chi connectivity index (χ3n) is 1.84. The van der Waals surface area contributed by atoms with Crippen molar-refractivity contribution in [3.8, 4) is 5.75 Å². The fourth-order valence-electron chi connectivity index (χ4n) is 1.17.